The van der Waals surface area contributed by atoms with Crippen LogP contribution in [0.25, 0.3) is 33.3 Å². The first-order valence-electron chi connectivity index (χ1n) is 15.3. The SMILES string of the molecule is CCCCCCCCCCCCOc1ccc2cc(-c3nc4cc(CCCCCC)ccc4o3)ccc2c1. The Balaban J connectivity index is 1.25. The minimum Gasteiger partial charge on any atom is -0.494 e. The fraction of sp³-hybridized carbons (Fsp3) is 0.514. The molecule has 3 nitrogen and oxygen atoms in total. The third-order valence-electron chi connectivity index (χ3n) is 7.60. The van der Waals surface area contributed by atoms with E-state index in [1.54, 1.807) is 0 Å². The van der Waals surface area contributed by atoms with Crippen molar-refractivity contribution in [1.29, 1.82) is 0 Å². The van der Waals surface area contributed by atoms with Gasteiger partial charge in [0.15, 0.2) is 5.58 Å². The van der Waals surface area contributed by atoms with E-state index in [1.165, 1.54) is 99.8 Å². The number of fused-ring (bicyclic) bond motifs is 2. The zero-order valence-electron chi connectivity index (χ0n) is 23.8. The van der Waals surface area contributed by atoms with Crippen molar-refractivity contribution < 1.29 is 9.15 Å². The quantitative estimate of drug-likeness (QED) is 0.124. The second-order valence-electron chi connectivity index (χ2n) is 10.9. The number of aryl methyl sites for hydroxylation is 1. The molecular weight excluding hydrogens is 466 g/mol. The molecule has 0 aliphatic rings. The van der Waals surface area contributed by atoms with Crippen LogP contribution in [0.3, 0.4) is 0 Å². The van der Waals surface area contributed by atoms with E-state index >= 15 is 0 Å². The number of unbranched alkanes of at least 4 members (excludes halogenated alkanes) is 12. The number of oxazole rings is 1. The number of hydrogen-bond donors (Lipinski definition) is 0. The van der Waals surface area contributed by atoms with Gasteiger partial charge in [-0.25, -0.2) is 4.98 Å². The van der Waals surface area contributed by atoms with E-state index in [9.17, 15) is 0 Å². The molecule has 0 saturated carbocycles. The maximum absolute atomic E-state index is 6.11. The maximum Gasteiger partial charge on any atom is 0.227 e. The number of rotatable bonds is 18. The molecule has 0 unspecified atom stereocenters. The van der Waals surface area contributed by atoms with Crippen molar-refractivity contribution in [2.24, 2.45) is 0 Å². The molecule has 204 valence electrons. The average molecular weight is 514 g/mol. The Bertz CT molecular complexity index is 1240. The van der Waals surface area contributed by atoms with Gasteiger partial charge in [-0.2, -0.15) is 0 Å². The molecule has 0 bridgehead atoms. The van der Waals surface area contributed by atoms with Crippen LogP contribution in [0.5, 0.6) is 5.75 Å². The Morgan fingerprint density at radius 1 is 0.632 bits per heavy atom. The molecule has 0 aliphatic carbocycles. The molecule has 4 rings (SSSR count). The summed E-state index contributed by atoms with van der Waals surface area (Å²) in [5, 5.41) is 2.35. The number of benzene rings is 3. The van der Waals surface area contributed by atoms with Crippen LogP contribution in [0, 0.1) is 0 Å². The molecule has 3 heteroatoms. The highest BCUT2D eigenvalue weighted by molar-refractivity contribution is 5.88. The second kappa shape index (κ2) is 15.6. The van der Waals surface area contributed by atoms with Gasteiger partial charge in [0.1, 0.15) is 11.3 Å². The molecule has 0 saturated heterocycles. The smallest absolute Gasteiger partial charge is 0.227 e. The first-order valence-corrected chi connectivity index (χ1v) is 15.3. The monoisotopic (exact) mass is 513 g/mol. The summed E-state index contributed by atoms with van der Waals surface area (Å²) >= 11 is 0. The van der Waals surface area contributed by atoms with E-state index in [4.69, 9.17) is 14.1 Å². The van der Waals surface area contributed by atoms with Gasteiger partial charge in [0, 0.05) is 5.56 Å². The van der Waals surface area contributed by atoms with Gasteiger partial charge in [-0.15, -0.1) is 0 Å². The second-order valence-corrected chi connectivity index (χ2v) is 10.9. The number of ether oxygens (including phenoxy) is 1. The lowest BCUT2D eigenvalue weighted by atomic mass is 10.1. The molecule has 4 aromatic rings. The predicted molar refractivity (Wildman–Crippen MR) is 162 cm³/mol. The van der Waals surface area contributed by atoms with E-state index in [-0.39, 0.29) is 0 Å². The van der Waals surface area contributed by atoms with Crippen LogP contribution in [0.1, 0.15) is 109 Å². The Kier molecular flexibility index (Phi) is 11.6. The van der Waals surface area contributed by atoms with E-state index in [0.717, 1.165) is 41.9 Å². The van der Waals surface area contributed by atoms with Crippen LogP contribution in [-0.4, -0.2) is 11.6 Å². The number of nitrogens with zero attached hydrogens (tertiary/aromatic N) is 1. The van der Waals surface area contributed by atoms with Gasteiger partial charge in [0.05, 0.1) is 6.61 Å². The summed E-state index contributed by atoms with van der Waals surface area (Å²) in [4.78, 5) is 4.81. The molecule has 0 amide bonds. The largest absolute Gasteiger partial charge is 0.494 e. The van der Waals surface area contributed by atoms with Gasteiger partial charge in [-0.3, -0.25) is 0 Å². The van der Waals surface area contributed by atoms with Crippen LogP contribution in [0.15, 0.2) is 59.0 Å². The predicted octanol–water partition coefficient (Wildman–Crippen LogP) is 11.1. The Hall–Kier alpha value is -2.81. The van der Waals surface area contributed by atoms with Crippen molar-refractivity contribution in [3.63, 3.8) is 0 Å². The zero-order chi connectivity index (χ0) is 26.4. The van der Waals surface area contributed by atoms with Crippen molar-refractivity contribution in [2.75, 3.05) is 6.61 Å². The topological polar surface area (TPSA) is 35.3 Å². The summed E-state index contributed by atoms with van der Waals surface area (Å²) in [7, 11) is 0. The zero-order valence-corrected chi connectivity index (χ0v) is 23.8. The maximum atomic E-state index is 6.11. The lowest BCUT2D eigenvalue weighted by Crippen LogP contribution is -1.97. The first kappa shape index (κ1) is 28.2. The van der Waals surface area contributed by atoms with Crippen LogP contribution in [0.2, 0.25) is 0 Å². The summed E-state index contributed by atoms with van der Waals surface area (Å²) in [5.74, 6) is 1.64. The van der Waals surface area contributed by atoms with Gasteiger partial charge in [0.2, 0.25) is 5.89 Å². The van der Waals surface area contributed by atoms with Crippen LogP contribution >= 0.6 is 0 Å². The van der Waals surface area contributed by atoms with Gasteiger partial charge in [-0.05, 0) is 72.0 Å². The van der Waals surface area contributed by atoms with Crippen molar-refractivity contribution in [2.45, 2.75) is 110 Å². The Morgan fingerprint density at radius 2 is 1.29 bits per heavy atom. The van der Waals surface area contributed by atoms with Crippen molar-refractivity contribution in [3.05, 3.63) is 60.2 Å². The highest BCUT2D eigenvalue weighted by atomic mass is 16.5. The molecule has 0 atom stereocenters. The first-order chi connectivity index (χ1) is 18.8. The standard InChI is InChI=1S/C35H47NO2/c1-3-5-7-9-10-11-12-13-14-16-24-37-32-22-21-29-26-31(20-19-30(29)27-32)35-36-33-25-28(17-15-8-6-4-2)18-23-34(33)38-35/h18-23,25-27H,3-17,24H2,1-2H3. The number of aromatic nitrogens is 1. The Labute approximate surface area is 230 Å². The molecule has 0 fully saturated rings. The van der Waals surface area contributed by atoms with Crippen LogP contribution in [0.4, 0.5) is 0 Å². The molecule has 0 aliphatic heterocycles. The summed E-state index contributed by atoms with van der Waals surface area (Å²) in [6, 6.07) is 19.2. The molecule has 0 spiro atoms. The van der Waals surface area contributed by atoms with E-state index < -0.39 is 0 Å². The van der Waals surface area contributed by atoms with Gasteiger partial charge in [-0.1, -0.05) is 109 Å². The van der Waals surface area contributed by atoms with Crippen LogP contribution in [-0.2, 0) is 6.42 Å². The molecule has 0 N–H and O–H groups in total. The molecule has 1 aromatic heterocycles. The lowest BCUT2D eigenvalue weighted by molar-refractivity contribution is 0.304. The molecule has 0 radical (unpaired) electrons. The average Bonchev–Trinajstić information content (AvgIpc) is 3.37. The molecule has 1 heterocycles. The number of hydrogen-bond acceptors (Lipinski definition) is 3. The summed E-state index contributed by atoms with van der Waals surface area (Å²) in [6.45, 7) is 5.33. The lowest BCUT2D eigenvalue weighted by Gasteiger charge is -2.08. The molecular formula is C35H47NO2. The van der Waals surface area contributed by atoms with Gasteiger partial charge >= 0.3 is 0 Å². The molecule has 3 aromatic carbocycles. The molecule has 38 heavy (non-hydrogen) atoms. The highest BCUT2D eigenvalue weighted by Gasteiger charge is 2.10. The minimum absolute atomic E-state index is 0.686. The van der Waals surface area contributed by atoms with Crippen molar-refractivity contribution in [1.82, 2.24) is 4.98 Å². The normalized spacial score (nSPS) is 11.5. The third-order valence-corrected chi connectivity index (χ3v) is 7.60. The fourth-order valence-electron chi connectivity index (χ4n) is 5.23. The van der Waals surface area contributed by atoms with Crippen molar-refractivity contribution >= 4 is 21.9 Å². The van der Waals surface area contributed by atoms with Gasteiger partial charge in [0.25, 0.3) is 0 Å². The highest BCUT2D eigenvalue weighted by Crippen LogP contribution is 2.29. The van der Waals surface area contributed by atoms with E-state index in [1.807, 2.05) is 0 Å². The van der Waals surface area contributed by atoms with E-state index in [0.29, 0.717) is 5.89 Å². The minimum atomic E-state index is 0.686. The fourth-order valence-corrected chi connectivity index (χ4v) is 5.23. The Morgan fingerprint density at radius 3 is 2.05 bits per heavy atom. The third kappa shape index (κ3) is 8.61. The van der Waals surface area contributed by atoms with Crippen LogP contribution < -0.4 is 4.74 Å². The van der Waals surface area contributed by atoms with Crippen molar-refractivity contribution in [3.8, 4) is 17.2 Å². The van der Waals surface area contributed by atoms with Gasteiger partial charge < -0.3 is 9.15 Å². The van der Waals surface area contributed by atoms with E-state index in [2.05, 4.69) is 68.4 Å². The summed E-state index contributed by atoms with van der Waals surface area (Å²) < 4.78 is 12.2. The summed E-state index contributed by atoms with van der Waals surface area (Å²) in [6.07, 6.45) is 19.6. The summed E-state index contributed by atoms with van der Waals surface area (Å²) in [5.41, 5.74) is 4.16.